The average Bonchev–Trinajstić information content (AvgIpc) is 3.36. The number of pyridine rings is 1. The SMILES string of the molecule is COc1c(OCCCN2CCOCC2)ccc2c1N=C(c1cnccc1C(N)=O)N1CCN=C21. The molecule has 2 aromatic rings. The van der Waals surface area contributed by atoms with Crippen LogP contribution in [0, 0.1) is 0 Å². The van der Waals surface area contributed by atoms with E-state index in [9.17, 15) is 4.79 Å². The van der Waals surface area contributed by atoms with Gasteiger partial charge in [-0.1, -0.05) is 0 Å². The number of hydrogen-bond acceptors (Lipinski definition) is 9. The predicted octanol–water partition coefficient (Wildman–Crippen LogP) is 1.44. The third-order valence-electron chi connectivity index (χ3n) is 6.16. The Morgan fingerprint density at radius 2 is 2.00 bits per heavy atom. The summed E-state index contributed by atoms with van der Waals surface area (Å²) in [5.74, 6) is 2.00. The molecule has 178 valence electrons. The second-order valence-corrected chi connectivity index (χ2v) is 8.23. The molecule has 10 nitrogen and oxygen atoms in total. The maximum atomic E-state index is 12.1. The van der Waals surface area contributed by atoms with Gasteiger partial charge in [0.15, 0.2) is 11.5 Å². The third-order valence-corrected chi connectivity index (χ3v) is 6.16. The van der Waals surface area contributed by atoms with Crippen molar-refractivity contribution >= 4 is 23.3 Å². The van der Waals surface area contributed by atoms with Crippen molar-refractivity contribution in [2.75, 3.05) is 59.7 Å². The fourth-order valence-electron chi connectivity index (χ4n) is 4.49. The summed E-state index contributed by atoms with van der Waals surface area (Å²) in [4.78, 5) is 30.3. The molecule has 4 heterocycles. The van der Waals surface area contributed by atoms with Gasteiger partial charge in [-0.15, -0.1) is 0 Å². The van der Waals surface area contributed by atoms with Gasteiger partial charge in [0.2, 0.25) is 5.91 Å². The summed E-state index contributed by atoms with van der Waals surface area (Å²) in [7, 11) is 1.60. The number of nitrogens with two attached hydrogens (primary N) is 1. The molecule has 5 rings (SSSR count). The number of fused-ring (bicyclic) bond motifs is 3. The summed E-state index contributed by atoms with van der Waals surface area (Å²) in [5, 5.41) is 0. The number of aliphatic imine (C=N–C) groups is 2. The Morgan fingerprint density at radius 1 is 1.15 bits per heavy atom. The van der Waals surface area contributed by atoms with Crippen molar-refractivity contribution in [2.45, 2.75) is 6.42 Å². The number of morpholine rings is 1. The third kappa shape index (κ3) is 4.22. The minimum absolute atomic E-state index is 0.359. The molecule has 0 atom stereocenters. The lowest BCUT2D eigenvalue weighted by Gasteiger charge is -2.29. The van der Waals surface area contributed by atoms with E-state index < -0.39 is 5.91 Å². The van der Waals surface area contributed by atoms with Gasteiger partial charge in [-0.3, -0.25) is 19.7 Å². The van der Waals surface area contributed by atoms with Crippen LogP contribution in [0.4, 0.5) is 5.69 Å². The lowest BCUT2D eigenvalue weighted by Crippen LogP contribution is -2.39. The summed E-state index contributed by atoms with van der Waals surface area (Å²) in [6, 6.07) is 5.48. The molecule has 1 saturated heterocycles. The van der Waals surface area contributed by atoms with Crippen molar-refractivity contribution < 1.29 is 19.0 Å². The zero-order valence-electron chi connectivity index (χ0n) is 19.2. The summed E-state index contributed by atoms with van der Waals surface area (Å²) in [5.41, 5.74) is 8.04. The molecule has 1 aromatic carbocycles. The molecule has 3 aliphatic rings. The average molecular weight is 465 g/mol. The number of primary amides is 1. The van der Waals surface area contributed by atoms with Crippen LogP contribution in [-0.4, -0.2) is 92.0 Å². The van der Waals surface area contributed by atoms with E-state index in [4.69, 9.17) is 29.9 Å². The van der Waals surface area contributed by atoms with Crippen LogP contribution >= 0.6 is 0 Å². The van der Waals surface area contributed by atoms with Crippen LogP contribution in [0.25, 0.3) is 0 Å². The van der Waals surface area contributed by atoms with E-state index in [1.807, 2.05) is 17.0 Å². The molecule has 0 aliphatic carbocycles. The van der Waals surface area contributed by atoms with Crippen LogP contribution in [-0.2, 0) is 4.74 Å². The second kappa shape index (κ2) is 9.78. The van der Waals surface area contributed by atoms with Gasteiger partial charge in [0.1, 0.15) is 17.4 Å². The van der Waals surface area contributed by atoms with E-state index in [1.54, 1.807) is 25.6 Å². The van der Waals surface area contributed by atoms with Crippen molar-refractivity contribution in [3.63, 3.8) is 0 Å². The second-order valence-electron chi connectivity index (χ2n) is 8.23. The molecule has 34 heavy (non-hydrogen) atoms. The molecule has 0 saturated carbocycles. The first-order chi connectivity index (χ1) is 16.7. The number of amides is 1. The molecule has 1 aromatic heterocycles. The van der Waals surface area contributed by atoms with E-state index in [1.165, 1.54) is 0 Å². The van der Waals surface area contributed by atoms with Gasteiger partial charge >= 0.3 is 0 Å². The van der Waals surface area contributed by atoms with Gasteiger partial charge in [0, 0.05) is 49.7 Å². The summed E-state index contributed by atoms with van der Waals surface area (Å²) >= 11 is 0. The predicted molar refractivity (Wildman–Crippen MR) is 127 cm³/mol. The number of carbonyl (C=O) groups excluding carboxylic acids is 1. The van der Waals surface area contributed by atoms with Gasteiger partial charge in [-0.2, -0.15) is 0 Å². The van der Waals surface area contributed by atoms with E-state index >= 15 is 0 Å². The zero-order valence-corrected chi connectivity index (χ0v) is 19.2. The molecule has 10 heteroatoms. The molecular formula is C24H28N6O4. The number of rotatable bonds is 8. The molecule has 1 fully saturated rings. The van der Waals surface area contributed by atoms with E-state index in [-0.39, 0.29) is 0 Å². The first-order valence-electron chi connectivity index (χ1n) is 11.5. The number of carbonyl (C=O) groups is 1. The van der Waals surface area contributed by atoms with Crippen molar-refractivity contribution in [1.82, 2.24) is 14.8 Å². The lowest BCUT2D eigenvalue weighted by atomic mass is 10.0. The van der Waals surface area contributed by atoms with E-state index in [0.29, 0.717) is 53.8 Å². The molecule has 3 aliphatic heterocycles. The highest BCUT2D eigenvalue weighted by Gasteiger charge is 2.34. The van der Waals surface area contributed by atoms with Crippen LogP contribution in [0.2, 0.25) is 0 Å². The van der Waals surface area contributed by atoms with E-state index in [0.717, 1.165) is 50.7 Å². The fraction of sp³-hybridized carbons (Fsp3) is 0.417. The largest absolute Gasteiger partial charge is 0.491 e. The van der Waals surface area contributed by atoms with Gasteiger partial charge in [0.05, 0.1) is 39.0 Å². The van der Waals surface area contributed by atoms with E-state index in [2.05, 4.69) is 9.88 Å². The topological polar surface area (TPSA) is 115 Å². The van der Waals surface area contributed by atoms with Crippen LogP contribution < -0.4 is 15.2 Å². The number of ether oxygens (including phenoxy) is 3. The molecule has 2 N–H and O–H groups in total. The molecule has 0 spiro atoms. The van der Waals surface area contributed by atoms with Gasteiger partial charge in [-0.25, -0.2) is 4.99 Å². The highest BCUT2D eigenvalue weighted by atomic mass is 16.5. The monoisotopic (exact) mass is 464 g/mol. The molecule has 0 unspecified atom stereocenters. The summed E-state index contributed by atoms with van der Waals surface area (Å²) in [6.07, 6.45) is 4.05. The molecule has 0 radical (unpaired) electrons. The summed E-state index contributed by atoms with van der Waals surface area (Å²) in [6.45, 7) is 6.29. The molecule has 1 amide bonds. The standard InChI is InChI=1S/C24H28N6O4/c1-32-21-19(34-12-2-8-29-10-13-33-14-11-29)4-3-17-20(21)28-24(30-9-7-27-23(17)30)18-15-26-6-5-16(18)22(25)31/h3-6,15H,2,7-14H2,1H3,(H2,25,31). The number of aromatic nitrogens is 1. The minimum Gasteiger partial charge on any atom is -0.491 e. The van der Waals surface area contributed by atoms with Crippen molar-refractivity contribution in [2.24, 2.45) is 15.7 Å². The number of nitrogens with zero attached hydrogens (tertiary/aromatic N) is 5. The van der Waals surface area contributed by atoms with Gasteiger partial charge in [0.25, 0.3) is 0 Å². The summed E-state index contributed by atoms with van der Waals surface area (Å²) < 4.78 is 17.3. The fourth-order valence-corrected chi connectivity index (χ4v) is 4.49. The number of hydrogen-bond donors (Lipinski definition) is 1. The van der Waals surface area contributed by atoms with Crippen LogP contribution in [0.1, 0.15) is 27.9 Å². The Bertz CT molecular complexity index is 1140. The molecular weight excluding hydrogens is 436 g/mol. The number of methoxy groups -OCH3 is 1. The highest BCUT2D eigenvalue weighted by Crippen LogP contribution is 2.44. The minimum atomic E-state index is -0.534. The first kappa shape index (κ1) is 22.3. The maximum Gasteiger partial charge on any atom is 0.249 e. The zero-order chi connectivity index (χ0) is 23.5. The van der Waals surface area contributed by atoms with Crippen molar-refractivity contribution in [3.8, 4) is 11.5 Å². The lowest BCUT2D eigenvalue weighted by molar-refractivity contribution is 0.0357. The Kier molecular flexibility index (Phi) is 6.41. The number of amidine groups is 2. The van der Waals surface area contributed by atoms with Crippen molar-refractivity contribution in [3.05, 3.63) is 47.3 Å². The van der Waals surface area contributed by atoms with Crippen LogP contribution in [0.3, 0.4) is 0 Å². The normalized spacial score (nSPS) is 17.5. The molecule has 0 bridgehead atoms. The van der Waals surface area contributed by atoms with Crippen molar-refractivity contribution in [1.29, 1.82) is 0 Å². The quantitative estimate of drug-likeness (QED) is 0.588. The van der Waals surface area contributed by atoms with Crippen LogP contribution in [0.5, 0.6) is 11.5 Å². The Morgan fingerprint density at radius 3 is 2.79 bits per heavy atom. The number of benzene rings is 1. The maximum absolute atomic E-state index is 12.1. The highest BCUT2D eigenvalue weighted by molar-refractivity contribution is 6.23. The Balaban J connectivity index is 1.45. The van der Waals surface area contributed by atoms with Gasteiger partial charge in [-0.05, 0) is 24.6 Å². The first-order valence-corrected chi connectivity index (χ1v) is 11.5. The Labute approximate surface area is 198 Å². The van der Waals surface area contributed by atoms with Gasteiger partial charge < -0.3 is 24.8 Å². The van der Waals surface area contributed by atoms with Crippen LogP contribution in [0.15, 0.2) is 40.6 Å². The smallest absolute Gasteiger partial charge is 0.249 e. The Hall–Kier alpha value is -3.50.